The molecule has 2 aromatic carbocycles. The maximum Gasteiger partial charge on any atom is 0.255 e. The number of amides is 1. The Kier molecular flexibility index (Phi) is 5.38. The highest BCUT2D eigenvalue weighted by molar-refractivity contribution is 9.10. The van der Waals surface area contributed by atoms with E-state index >= 15 is 0 Å². The lowest BCUT2D eigenvalue weighted by Gasteiger charge is -2.09. The van der Waals surface area contributed by atoms with Crippen molar-refractivity contribution in [2.45, 2.75) is 13.3 Å². The number of aryl methyl sites for hydroxylation is 2. The van der Waals surface area contributed by atoms with Gasteiger partial charge in [0.15, 0.2) is 0 Å². The molecule has 104 valence electrons. The Labute approximate surface area is 135 Å². The fraction of sp³-hybridized carbons (Fsp3) is 0.188. The van der Waals surface area contributed by atoms with Gasteiger partial charge in [-0.2, -0.15) is 0 Å². The van der Waals surface area contributed by atoms with E-state index in [9.17, 15) is 4.79 Å². The molecule has 2 rings (SSSR count). The Bertz CT molecular complexity index is 608. The van der Waals surface area contributed by atoms with E-state index in [1.165, 1.54) is 5.56 Å². The summed E-state index contributed by atoms with van der Waals surface area (Å²) < 4.78 is 0.904. The molecule has 2 nitrogen and oxygen atoms in total. The molecule has 2 aromatic rings. The zero-order chi connectivity index (χ0) is 14.5. The van der Waals surface area contributed by atoms with Crippen molar-refractivity contribution in [1.29, 1.82) is 0 Å². The maximum atomic E-state index is 12.3. The molecule has 0 fully saturated rings. The number of halogens is 2. The SMILES string of the molecule is Cc1ccc(Br)cc1C(=O)Nc1ccc(CCBr)cc1. The first-order valence-corrected chi connectivity index (χ1v) is 8.24. The standard InChI is InChI=1S/C16H15Br2NO/c1-11-2-5-13(18)10-15(11)16(20)19-14-6-3-12(4-7-14)8-9-17/h2-7,10H,8-9H2,1H3,(H,19,20). The van der Waals surface area contributed by atoms with Gasteiger partial charge in [0.25, 0.3) is 5.91 Å². The molecular weight excluding hydrogens is 382 g/mol. The highest BCUT2D eigenvalue weighted by atomic mass is 79.9. The first-order chi connectivity index (χ1) is 9.60. The van der Waals surface area contributed by atoms with Crippen LogP contribution in [0, 0.1) is 6.92 Å². The largest absolute Gasteiger partial charge is 0.322 e. The Morgan fingerprint density at radius 2 is 1.85 bits per heavy atom. The predicted molar refractivity (Wildman–Crippen MR) is 90.8 cm³/mol. The first kappa shape index (κ1) is 15.3. The number of hydrogen-bond donors (Lipinski definition) is 1. The summed E-state index contributed by atoms with van der Waals surface area (Å²) >= 11 is 6.81. The lowest BCUT2D eigenvalue weighted by atomic mass is 10.1. The van der Waals surface area contributed by atoms with Crippen LogP contribution in [-0.4, -0.2) is 11.2 Å². The zero-order valence-electron chi connectivity index (χ0n) is 11.1. The third-order valence-corrected chi connectivity index (χ3v) is 3.93. The van der Waals surface area contributed by atoms with Crippen molar-refractivity contribution in [3.63, 3.8) is 0 Å². The number of anilines is 1. The first-order valence-electron chi connectivity index (χ1n) is 6.32. The van der Waals surface area contributed by atoms with Crippen molar-refractivity contribution in [2.75, 3.05) is 10.6 Å². The average molecular weight is 397 g/mol. The van der Waals surface area contributed by atoms with Crippen LogP contribution in [0.3, 0.4) is 0 Å². The molecule has 0 aliphatic rings. The molecule has 0 aliphatic carbocycles. The van der Waals surface area contributed by atoms with Gasteiger partial charge < -0.3 is 5.32 Å². The van der Waals surface area contributed by atoms with Gasteiger partial charge in [-0.3, -0.25) is 4.79 Å². The lowest BCUT2D eigenvalue weighted by molar-refractivity contribution is 0.102. The van der Waals surface area contributed by atoms with Crippen LogP contribution in [0.1, 0.15) is 21.5 Å². The highest BCUT2D eigenvalue weighted by Crippen LogP contribution is 2.18. The van der Waals surface area contributed by atoms with Crippen LogP contribution < -0.4 is 5.32 Å². The van der Waals surface area contributed by atoms with Gasteiger partial charge in [0.05, 0.1) is 0 Å². The molecule has 0 bridgehead atoms. The highest BCUT2D eigenvalue weighted by Gasteiger charge is 2.09. The molecule has 0 atom stereocenters. The number of benzene rings is 2. The van der Waals surface area contributed by atoms with Crippen LogP contribution in [0.4, 0.5) is 5.69 Å². The van der Waals surface area contributed by atoms with Gasteiger partial charge in [0.2, 0.25) is 0 Å². The van der Waals surface area contributed by atoms with Gasteiger partial charge >= 0.3 is 0 Å². The topological polar surface area (TPSA) is 29.1 Å². The second kappa shape index (κ2) is 7.04. The van der Waals surface area contributed by atoms with E-state index in [4.69, 9.17) is 0 Å². The molecule has 1 N–H and O–H groups in total. The molecule has 0 saturated heterocycles. The minimum absolute atomic E-state index is 0.0861. The Hall–Kier alpha value is -1.13. The van der Waals surface area contributed by atoms with E-state index in [0.717, 1.165) is 27.5 Å². The third-order valence-electron chi connectivity index (χ3n) is 3.04. The van der Waals surface area contributed by atoms with Crippen LogP contribution in [0.15, 0.2) is 46.9 Å². The minimum Gasteiger partial charge on any atom is -0.322 e. The molecule has 0 radical (unpaired) electrons. The number of alkyl halides is 1. The van der Waals surface area contributed by atoms with Gasteiger partial charge in [-0.15, -0.1) is 0 Å². The molecule has 0 unspecified atom stereocenters. The smallest absolute Gasteiger partial charge is 0.255 e. The monoisotopic (exact) mass is 395 g/mol. The van der Waals surface area contributed by atoms with Crippen molar-refractivity contribution < 1.29 is 4.79 Å². The summed E-state index contributed by atoms with van der Waals surface area (Å²) in [6, 6.07) is 13.6. The second-order valence-corrected chi connectivity index (χ2v) is 6.26. The van der Waals surface area contributed by atoms with Gasteiger partial charge in [-0.05, 0) is 48.7 Å². The fourth-order valence-corrected chi connectivity index (χ4v) is 2.72. The summed E-state index contributed by atoms with van der Waals surface area (Å²) in [7, 11) is 0. The zero-order valence-corrected chi connectivity index (χ0v) is 14.3. The van der Waals surface area contributed by atoms with Crippen molar-refractivity contribution in [1.82, 2.24) is 0 Å². The van der Waals surface area contributed by atoms with Crippen LogP contribution in [-0.2, 0) is 6.42 Å². The van der Waals surface area contributed by atoms with Crippen molar-refractivity contribution in [2.24, 2.45) is 0 Å². The number of carbonyl (C=O) groups excluding carboxylic acids is 1. The summed E-state index contributed by atoms with van der Waals surface area (Å²) in [5, 5.41) is 3.86. The summed E-state index contributed by atoms with van der Waals surface area (Å²) in [5.74, 6) is -0.0861. The predicted octanol–water partition coefficient (Wildman–Crippen LogP) is 4.95. The number of rotatable bonds is 4. The van der Waals surface area contributed by atoms with Crippen molar-refractivity contribution >= 4 is 43.5 Å². The Balaban J connectivity index is 2.13. The van der Waals surface area contributed by atoms with Crippen molar-refractivity contribution in [3.8, 4) is 0 Å². The number of hydrogen-bond acceptors (Lipinski definition) is 1. The van der Waals surface area contributed by atoms with Crippen LogP contribution in [0.25, 0.3) is 0 Å². The maximum absolute atomic E-state index is 12.3. The number of carbonyl (C=O) groups is 1. The van der Waals surface area contributed by atoms with Crippen LogP contribution in [0.5, 0.6) is 0 Å². The van der Waals surface area contributed by atoms with E-state index < -0.39 is 0 Å². The lowest BCUT2D eigenvalue weighted by Crippen LogP contribution is -2.13. The summed E-state index contributed by atoms with van der Waals surface area (Å²) in [6.45, 7) is 1.93. The van der Waals surface area contributed by atoms with Crippen molar-refractivity contribution in [3.05, 3.63) is 63.6 Å². The normalized spacial score (nSPS) is 10.3. The molecule has 0 saturated carbocycles. The van der Waals surface area contributed by atoms with Gasteiger partial charge in [-0.1, -0.05) is 50.1 Å². The summed E-state index contributed by atoms with van der Waals surface area (Å²) in [6.07, 6.45) is 0.985. The third kappa shape index (κ3) is 3.93. The second-order valence-electron chi connectivity index (χ2n) is 4.55. The summed E-state index contributed by atoms with van der Waals surface area (Å²) in [4.78, 5) is 12.3. The van der Waals surface area contributed by atoms with Gasteiger partial charge in [0, 0.05) is 21.1 Å². The molecular formula is C16H15Br2NO. The average Bonchev–Trinajstić information content (AvgIpc) is 2.44. The Morgan fingerprint density at radius 3 is 2.50 bits per heavy atom. The van der Waals surface area contributed by atoms with E-state index in [1.54, 1.807) is 0 Å². The van der Waals surface area contributed by atoms with E-state index in [0.29, 0.717) is 5.56 Å². The summed E-state index contributed by atoms with van der Waals surface area (Å²) in [5.41, 5.74) is 3.71. The fourth-order valence-electron chi connectivity index (χ4n) is 1.90. The molecule has 0 spiro atoms. The van der Waals surface area contributed by atoms with Crippen LogP contribution >= 0.6 is 31.9 Å². The molecule has 1 amide bonds. The quantitative estimate of drug-likeness (QED) is 0.728. The number of nitrogens with one attached hydrogen (secondary N) is 1. The minimum atomic E-state index is -0.0861. The van der Waals surface area contributed by atoms with Crippen LogP contribution in [0.2, 0.25) is 0 Å². The molecule has 20 heavy (non-hydrogen) atoms. The Morgan fingerprint density at radius 1 is 1.15 bits per heavy atom. The van der Waals surface area contributed by atoms with Gasteiger partial charge in [-0.25, -0.2) is 0 Å². The molecule has 0 aromatic heterocycles. The molecule has 0 aliphatic heterocycles. The van der Waals surface area contributed by atoms with E-state index in [-0.39, 0.29) is 5.91 Å². The van der Waals surface area contributed by atoms with Gasteiger partial charge in [0.1, 0.15) is 0 Å². The van der Waals surface area contributed by atoms with E-state index in [1.807, 2.05) is 49.4 Å². The molecule has 0 heterocycles. The van der Waals surface area contributed by atoms with E-state index in [2.05, 4.69) is 37.2 Å². The molecule has 4 heteroatoms.